The van der Waals surface area contributed by atoms with Crippen molar-refractivity contribution in [2.45, 2.75) is 25.2 Å². The van der Waals surface area contributed by atoms with Gasteiger partial charge in [0.15, 0.2) is 0 Å². The fourth-order valence-electron chi connectivity index (χ4n) is 3.52. The Balaban J connectivity index is 0.00000176. The van der Waals surface area contributed by atoms with Crippen LogP contribution in [0.1, 0.15) is 29.5 Å². The Morgan fingerprint density at radius 1 is 1.00 bits per heavy atom. The number of halogens is 1. The third-order valence-corrected chi connectivity index (χ3v) is 4.65. The Morgan fingerprint density at radius 2 is 1.68 bits per heavy atom. The molecule has 1 saturated heterocycles. The maximum absolute atomic E-state index is 5.68. The number of piperidine rings is 1. The van der Waals surface area contributed by atoms with Crippen LogP contribution in [0.2, 0.25) is 0 Å². The predicted octanol–water partition coefficient (Wildman–Crippen LogP) is 4.09. The van der Waals surface area contributed by atoms with Gasteiger partial charge >= 0.3 is 0 Å². The maximum Gasteiger partial charge on any atom is 0.122 e. The Morgan fingerprint density at radius 3 is 2.32 bits per heavy atom. The van der Waals surface area contributed by atoms with Crippen molar-refractivity contribution in [1.82, 2.24) is 5.32 Å². The first-order chi connectivity index (χ1) is 10.3. The SMILES string of the molecule is COc1ccc(C)cc1C1(c2ccccc2)CCNCC1.Cl. The van der Waals surface area contributed by atoms with E-state index in [1.54, 1.807) is 7.11 Å². The molecule has 0 unspecified atom stereocenters. The zero-order chi connectivity index (χ0) is 14.7. The average molecular weight is 318 g/mol. The molecule has 2 aromatic carbocycles. The minimum absolute atomic E-state index is 0. The van der Waals surface area contributed by atoms with E-state index < -0.39 is 0 Å². The number of ether oxygens (including phenoxy) is 1. The quantitative estimate of drug-likeness (QED) is 0.920. The van der Waals surface area contributed by atoms with Crippen molar-refractivity contribution < 1.29 is 4.74 Å². The van der Waals surface area contributed by atoms with Gasteiger partial charge in [-0.3, -0.25) is 0 Å². The van der Waals surface area contributed by atoms with Crippen molar-refractivity contribution in [3.63, 3.8) is 0 Å². The van der Waals surface area contributed by atoms with Crippen molar-refractivity contribution in [2.24, 2.45) is 0 Å². The highest BCUT2D eigenvalue weighted by Gasteiger charge is 2.37. The second-order valence-corrected chi connectivity index (χ2v) is 5.90. The van der Waals surface area contributed by atoms with Crippen molar-refractivity contribution in [2.75, 3.05) is 20.2 Å². The molecular formula is C19H24ClNO. The minimum atomic E-state index is 0. The van der Waals surface area contributed by atoms with Gasteiger partial charge in [0.05, 0.1) is 7.11 Å². The first-order valence-electron chi connectivity index (χ1n) is 7.68. The summed E-state index contributed by atoms with van der Waals surface area (Å²) in [5, 5.41) is 3.49. The Bertz CT molecular complexity index is 606. The molecule has 1 aliphatic heterocycles. The zero-order valence-corrected chi connectivity index (χ0v) is 14.1. The molecule has 2 nitrogen and oxygen atoms in total. The molecule has 22 heavy (non-hydrogen) atoms. The molecule has 0 saturated carbocycles. The maximum atomic E-state index is 5.68. The smallest absolute Gasteiger partial charge is 0.122 e. The molecule has 0 spiro atoms. The number of nitrogens with one attached hydrogen (secondary N) is 1. The topological polar surface area (TPSA) is 21.3 Å². The van der Waals surface area contributed by atoms with Crippen LogP contribution < -0.4 is 10.1 Å². The molecule has 3 rings (SSSR count). The molecule has 118 valence electrons. The summed E-state index contributed by atoms with van der Waals surface area (Å²) in [7, 11) is 1.77. The lowest BCUT2D eigenvalue weighted by atomic mass is 9.68. The van der Waals surface area contributed by atoms with E-state index in [2.05, 4.69) is 60.8 Å². The fraction of sp³-hybridized carbons (Fsp3) is 0.368. The molecule has 2 aromatic rings. The summed E-state index contributed by atoms with van der Waals surface area (Å²) in [6.07, 6.45) is 2.22. The van der Waals surface area contributed by atoms with Gasteiger partial charge in [-0.05, 0) is 44.5 Å². The van der Waals surface area contributed by atoms with Crippen LogP contribution in [0.15, 0.2) is 48.5 Å². The van der Waals surface area contributed by atoms with Crippen LogP contribution in [0.3, 0.4) is 0 Å². The van der Waals surface area contributed by atoms with E-state index >= 15 is 0 Å². The standard InChI is InChI=1S/C19H23NO.ClH/c1-15-8-9-18(21-2)17(14-15)19(10-12-20-13-11-19)16-6-4-3-5-7-16;/h3-9,14,20H,10-13H2,1-2H3;1H. The monoisotopic (exact) mass is 317 g/mol. The Kier molecular flexibility index (Phi) is 5.49. The number of aryl methyl sites for hydroxylation is 1. The molecule has 0 bridgehead atoms. The molecule has 3 heteroatoms. The van der Waals surface area contributed by atoms with Crippen LogP contribution in [0.5, 0.6) is 5.75 Å². The van der Waals surface area contributed by atoms with Gasteiger partial charge in [-0.15, -0.1) is 12.4 Å². The van der Waals surface area contributed by atoms with E-state index in [9.17, 15) is 0 Å². The molecule has 1 fully saturated rings. The van der Waals surface area contributed by atoms with E-state index in [4.69, 9.17) is 4.74 Å². The summed E-state index contributed by atoms with van der Waals surface area (Å²) in [5.74, 6) is 1.01. The Hall–Kier alpha value is -1.51. The molecule has 0 radical (unpaired) electrons. The number of benzene rings is 2. The highest BCUT2D eigenvalue weighted by Crippen LogP contribution is 2.44. The third kappa shape index (κ3) is 2.99. The number of hydrogen-bond acceptors (Lipinski definition) is 2. The van der Waals surface area contributed by atoms with Crippen LogP contribution in [0, 0.1) is 6.92 Å². The van der Waals surface area contributed by atoms with Crippen LogP contribution in [-0.4, -0.2) is 20.2 Å². The molecule has 1 aliphatic rings. The number of methoxy groups -OCH3 is 1. The van der Waals surface area contributed by atoms with Crippen molar-refractivity contribution in [3.8, 4) is 5.75 Å². The highest BCUT2D eigenvalue weighted by atomic mass is 35.5. The number of hydrogen-bond donors (Lipinski definition) is 1. The van der Waals surface area contributed by atoms with Crippen LogP contribution >= 0.6 is 12.4 Å². The van der Waals surface area contributed by atoms with E-state index in [1.807, 2.05) is 0 Å². The lowest BCUT2D eigenvalue weighted by Gasteiger charge is -2.39. The summed E-state index contributed by atoms with van der Waals surface area (Å²) in [5.41, 5.74) is 4.08. The molecule has 0 aliphatic carbocycles. The van der Waals surface area contributed by atoms with E-state index in [-0.39, 0.29) is 17.8 Å². The minimum Gasteiger partial charge on any atom is -0.496 e. The van der Waals surface area contributed by atoms with Crippen LogP contribution in [-0.2, 0) is 5.41 Å². The summed E-state index contributed by atoms with van der Waals surface area (Å²) >= 11 is 0. The second-order valence-electron chi connectivity index (χ2n) is 5.90. The summed E-state index contributed by atoms with van der Waals surface area (Å²) < 4.78 is 5.68. The molecule has 1 heterocycles. The van der Waals surface area contributed by atoms with Crippen LogP contribution in [0.4, 0.5) is 0 Å². The zero-order valence-electron chi connectivity index (χ0n) is 13.3. The lowest BCUT2D eigenvalue weighted by molar-refractivity contribution is 0.338. The first-order valence-corrected chi connectivity index (χ1v) is 7.68. The largest absolute Gasteiger partial charge is 0.496 e. The molecule has 0 atom stereocenters. The van der Waals surface area contributed by atoms with Gasteiger partial charge < -0.3 is 10.1 Å². The van der Waals surface area contributed by atoms with Gasteiger partial charge in [0.1, 0.15) is 5.75 Å². The fourth-order valence-corrected chi connectivity index (χ4v) is 3.52. The molecular weight excluding hydrogens is 294 g/mol. The van der Waals surface area contributed by atoms with Crippen molar-refractivity contribution in [3.05, 3.63) is 65.2 Å². The van der Waals surface area contributed by atoms with Crippen molar-refractivity contribution in [1.29, 1.82) is 0 Å². The van der Waals surface area contributed by atoms with Gasteiger partial charge in [-0.25, -0.2) is 0 Å². The summed E-state index contributed by atoms with van der Waals surface area (Å²) in [6.45, 7) is 4.25. The lowest BCUT2D eigenvalue weighted by Crippen LogP contribution is -2.41. The van der Waals surface area contributed by atoms with Gasteiger partial charge in [-0.2, -0.15) is 0 Å². The van der Waals surface area contributed by atoms with E-state index in [0.717, 1.165) is 31.7 Å². The normalized spacial score (nSPS) is 16.6. The van der Waals surface area contributed by atoms with Crippen molar-refractivity contribution >= 4 is 12.4 Å². The van der Waals surface area contributed by atoms with Gasteiger partial charge in [-0.1, -0.05) is 48.0 Å². The summed E-state index contributed by atoms with van der Waals surface area (Å²) in [6, 6.07) is 17.4. The Labute approximate surface area is 139 Å². The highest BCUT2D eigenvalue weighted by molar-refractivity contribution is 5.85. The van der Waals surface area contributed by atoms with E-state index in [0.29, 0.717) is 0 Å². The first kappa shape index (κ1) is 16.9. The molecule has 0 aromatic heterocycles. The molecule has 1 N–H and O–H groups in total. The van der Waals surface area contributed by atoms with Gasteiger partial charge in [0.25, 0.3) is 0 Å². The number of rotatable bonds is 3. The van der Waals surface area contributed by atoms with E-state index in [1.165, 1.54) is 16.7 Å². The van der Waals surface area contributed by atoms with Gasteiger partial charge in [0.2, 0.25) is 0 Å². The van der Waals surface area contributed by atoms with Crippen LogP contribution in [0.25, 0.3) is 0 Å². The third-order valence-electron chi connectivity index (χ3n) is 4.65. The predicted molar refractivity (Wildman–Crippen MR) is 94.3 cm³/mol. The second kappa shape index (κ2) is 7.17. The summed E-state index contributed by atoms with van der Waals surface area (Å²) in [4.78, 5) is 0. The average Bonchev–Trinajstić information content (AvgIpc) is 2.56. The molecule has 0 amide bonds. The van der Waals surface area contributed by atoms with Gasteiger partial charge in [0, 0.05) is 11.0 Å².